The first-order valence-corrected chi connectivity index (χ1v) is 6.72. The SMILES string of the molecule is Clc1cc(Cl)c(NCC#Cc2ccccc2)c(Cl)c1. The molecule has 0 bridgehead atoms. The Bertz CT molecular complexity index is 604. The van der Waals surface area contributed by atoms with Crippen LogP contribution in [0.3, 0.4) is 0 Å². The Morgan fingerprint density at radius 2 is 1.58 bits per heavy atom. The zero-order chi connectivity index (χ0) is 13.7. The highest BCUT2D eigenvalue weighted by molar-refractivity contribution is 6.41. The summed E-state index contributed by atoms with van der Waals surface area (Å²) in [5, 5.41) is 4.56. The average molecular weight is 311 g/mol. The van der Waals surface area contributed by atoms with Crippen molar-refractivity contribution >= 4 is 40.5 Å². The predicted molar refractivity (Wildman–Crippen MR) is 83.3 cm³/mol. The first kappa shape index (κ1) is 14.1. The molecule has 0 saturated heterocycles. The number of nitrogens with one attached hydrogen (secondary N) is 1. The largest absolute Gasteiger partial charge is 0.372 e. The third kappa shape index (κ3) is 4.08. The Kier molecular flexibility index (Phi) is 4.99. The minimum absolute atomic E-state index is 0.454. The molecule has 0 unspecified atom stereocenters. The summed E-state index contributed by atoms with van der Waals surface area (Å²) in [7, 11) is 0. The molecule has 4 heteroatoms. The van der Waals surface area contributed by atoms with Crippen molar-refractivity contribution in [2.24, 2.45) is 0 Å². The van der Waals surface area contributed by atoms with Gasteiger partial charge in [-0.3, -0.25) is 0 Å². The number of halogens is 3. The lowest BCUT2D eigenvalue weighted by Gasteiger charge is -2.07. The molecule has 0 spiro atoms. The van der Waals surface area contributed by atoms with Crippen LogP contribution in [0.25, 0.3) is 0 Å². The predicted octanol–water partition coefficient (Wildman–Crippen LogP) is 5.11. The molecule has 0 fully saturated rings. The van der Waals surface area contributed by atoms with E-state index in [1.807, 2.05) is 30.3 Å². The fraction of sp³-hybridized carbons (Fsp3) is 0.0667. The van der Waals surface area contributed by atoms with Crippen LogP contribution < -0.4 is 5.32 Å². The minimum Gasteiger partial charge on any atom is -0.372 e. The summed E-state index contributed by atoms with van der Waals surface area (Å²) in [6.07, 6.45) is 0. The van der Waals surface area contributed by atoms with Crippen molar-refractivity contribution < 1.29 is 0 Å². The quantitative estimate of drug-likeness (QED) is 0.760. The lowest BCUT2D eigenvalue weighted by atomic mass is 10.2. The van der Waals surface area contributed by atoms with Crippen molar-refractivity contribution in [2.45, 2.75) is 0 Å². The molecule has 0 atom stereocenters. The molecular formula is C15H10Cl3N. The summed E-state index contributed by atoms with van der Waals surface area (Å²) in [6, 6.07) is 13.0. The molecule has 0 heterocycles. The summed E-state index contributed by atoms with van der Waals surface area (Å²) >= 11 is 17.9. The maximum atomic E-state index is 6.05. The number of hydrogen-bond donors (Lipinski definition) is 1. The van der Waals surface area contributed by atoms with Crippen LogP contribution in [0.4, 0.5) is 5.69 Å². The molecule has 0 amide bonds. The van der Waals surface area contributed by atoms with Crippen molar-refractivity contribution in [3.63, 3.8) is 0 Å². The van der Waals surface area contributed by atoms with Crippen LogP contribution in [-0.4, -0.2) is 6.54 Å². The normalized spacial score (nSPS) is 9.63. The topological polar surface area (TPSA) is 12.0 Å². The van der Waals surface area contributed by atoms with Gasteiger partial charge in [-0.2, -0.15) is 0 Å². The Labute approximate surface area is 127 Å². The molecule has 0 aliphatic heterocycles. The first-order valence-electron chi connectivity index (χ1n) is 5.59. The van der Waals surface area contributed by atoms with Crippen LogP contribution in [0, 0.1) is 11.8 Å². The second-order valence-electron chi connectivity index (χ2n) is 3.77. The van der Waals surface area contributed by atoms with Gasteiger partial charge in [0.15, 0.2) is 0 Å². The van der Waals surface area contributed by atoms with E-state index in [2.05, 4.69) is 17.2 Å². The van der Waals surface area contributed by atoms with Gasteiger partial charge in [0.2, 0.25) is 0 Å². The van der Waals surface area contributed by atoms with E-state index in [4.69, 9.17) is 34.8 Å². The van der Waals surface area contributed by atoms with Crippen LogP contribution in [0.5, 0.6) is 0 Å². The fourth-order valence-corrected chi connectivity index (χ4v) is 2.46. The second kappa shape index (κ2) is 6.73. The van der Waals surface area contributed by atoms with E-state index in [-0.39, 0.29) is 0 Å². The van der Waals surface area contributed by atoms with Gasteiger partial charge in [-0.25, -0.2) is 0 Å². The second-order valence-corrected chi connectivity index (χ2v) is 5.02. The Morgan fingerprint density at radius 3 is 2.21 bits per heavy atom. The average Bonchev–Trinajstić information content (AvgIpc) is 2.38. The van der Waals surface area contributed by atoms with Crippen molar-refractivity contribution in [3.05, 3.63) is 63.1 Å². The van der Waals surface area contributed by atoms with Gasteiger partial charge >= 0.3 is 0 Å². The fourth-order valence-electron chi connectivity index (χ4n) is 1.51. The molecule has 19 heavy (non-hydrogen) atoms. The molecular weight excluding hydrogens is 301 g/mol. The van der Waals surface area contributed by atoms with E-state index in [1.54, 1.807) is 12.1 Å². The van der Waals surface area contributed by atoms with Crippen molar-refractivity contribution in [2.75, 3.05) is 11.9 Å². The molecule has 96 valence electrons. The molecule has 1 N–H and O–H groups in total. The molecule has 0 radical (unpaired) electrons. The molecule has 0 aliphatic carbocycles. The van der Waals surface area contributed by atoms with Crippen LogP contribution in [0.15, 0.2) is 42.5 Å². The van der Waals surface area contributed by atoms with E-state index < -0.39 is 0 Å². The maximum Gasteiger partial charge on any atom is 0.0770 e. The van der Waals surface area contributed by atoms with E-state index >= 15 is 0 Å². The highest BCUT2D eigenvalue weighted by Gasteiger charge is 2.06. The van der Waals surface area contributed by atoms with Gasteiger partial charge in [-0.1, -0.05) is 64.8 Å². The molecule has 2 aromatic rings. The number of hydrogen-bond acceptors (Lipinski definition) is 1. The lowest BCUT2D eigenvalue weighted by Crippen LogP contribution is -2.00. The van der Waals surface area contributed by atoms with Gasteiger partial charge in [0.25, 0.3) is 0 Å². The van der Waals surface area contributed by atoms with Crippen molar-refractivity contribution in [3.8, 4) is 11.8 Å². The van der Waals surface area contributed by atoms with Crippen LogP contribution in [-0.2, 0) is 0 Å². The minimum atomic E-state index is 0.454. The molecule has 2 rings (SSSR count). The Balaban J connectivity index is 2.03. The van der Waals surface area contributed by atoms with E-state index in [0.717, 1.165) is 5.56 Å². The lowest BCUT2D eigenvalue weighted by molar-refractivity contribution is 1.38. The molecule has 0 aliphatic rings. The van der Waals surface area contributed by atoms with Crippen LogP contribution in [0.1, 0.15) is 5.56 Å². The number of rotatable bonds is 2. The molecule has 1 nitrogen and oxygen atoms in total. The van der Waals surface area contributed by atoms with Gasteiger partial charge < -0.3 is 5.32 Å². The van der Waals surface area contributed by atoms with Crippen LogP contribution >= 0.6 is 34.8 Å². The van der Waals surface area contributed by atoms with Gasteiger partial charge in [0, 0.05) is 10.6 Å². The van der Waals surface area contributed by atoms with Gasteiger partial charge in [0.1, 0.15) is 0 Å². The number of benzene rings is 2. The summed E-state index contributed by atoms with van der Waals surface area (Å²) in [5.74, 6) is 6.05. The summed E-state index contributed by atoms with van der Waals surface area (Å²) in [4.78, 5) is 0. The molecule has 0 saturated carbocycles. The Hall–Kier alpha value is -1.33. The summed E-state index contributed by atoms with van der Waals surface area (Å²) in [5.41, 5.74) is 1.62. The van der Waals surface area contributed by atoms with Crippen molar-refractivity contribution in [1.29, 1.82) is 0 Å². The summed E-state index contributed by atoms with van der Waals surface area (Å²) < 4.78 is 0. The van der Waals surface area contributed by atoms with Crippen molar-refractivity contribution in [1.82, 2.24) is 0 Å². The van der Waals surface area contributed by atoms with E-state index in [1.165, 1.54) is 0 Å². The third-order valence-electron chi connectivity index (χ3n) is 2.37. The Morgan fingerprint density at radius 1 is 0.947 bits per heavy atom. The molecule has 0 aromatic heterocycles. The van der Waals surface area contributed by atoms with E-state index in [0.29, 0.717) is 27.3 Å². The highest BCUT2D eigenvalue weighted by Crippen LogP contribution is 2.33. The number of anilines is 1. The smallest absolute Gasteiger partial charge is 0.0770 e. The molecule has 2 aromatic carbocycles. The maximum absolute atomic E-state index is 6.05. The summed E-state index contributed by atoms with van der Waals surface area (Å²) in [6.45, 7) is 0.454. The highest BCUT2D eigenvalue weighted by atomic mass is 35.5. The van der Waals surface area contributed by atoms with Crippen LogP contribution in [0.2, 0.25) is 15.1 Å². The first-order chi connectivity index (χ1) is 9.16. The van der Waals surface area contributed by atoms with Gasteiger partial charge in [-0.15, -0.1) is 0 Å². The zero-order valence-electron chi connectivity index (χ0n) is 9.88. The third-order valence-corrected chi connectivity index (χ3v) is 3.18. The monoisotopic (exact) mass is 309 g/mol. The van der Waals surface area contributed by atoms with E-state index in [9.17, 15) is 0 Å². The van der Waals surface area contributed by atoms with Gasteiger partial charge in [0.05, 0.1) is 22.3 Å². The standard InChI is InChI=1S/C15H10Cl3N/c16-12-9-13(17)15(14(18)10-12)19-8-4-7-11-5-2-1-3-6-11/h1-3,5-6,9-10,19H,8H2. The zero-order valence-corrected chi connectivity index (χ0v) is 12.2. The van der Waals surface area contributed by atoms with Gasteiger partial charge in [-0.05, 0) is 24.3 Å².